The highest BCUT2D eigenvalue weighted by Crippen LogP contribution is 2.32. The van der Waals surface area contributed by atoms with Crippen LogP contribution in [0.1, 0.15) is 32.6 Å². The molecule has 0 radical (unpaired) electrons. The number of ether oxygens (including phenoxy) is 1. The standard InChI is InChI=1S/C9H16O2/c1-7(9(10)11-2)6-8-4-3-5-8/h7-8H,3-6H2,1-2H3. The van der Waals surface area contributed by atoms with E-state index in [-0.39, 0.29) is 11.9 Å². The molecule has 0 aromatic heterocycles. The van der Waals surface area contributed by atoms with Gasteiger partial charge < -0.3 is 4.74 Å². The zero-order chi connectivity index (χ0) is 8.27. The molecule has 2 nitrogen and oxygen atoms in total. The molecule has 0 aromatic rings. The first-order valence-electron chi connectivity index (χ1n) is 4.32. The van der Waals surface area contributed by atoms with Gasteiger partial charge in [-0.25, -0.2) is 0 Å². The minimum Gasteiger partial charge on any atom is -0.469 e. The Balaban J connectivity index is 2.18. The quantitative estimate of drug-likeness (QED) is 0.584. The first-order valence-corrected chi connectivity index (χ1v) is 4.32. The second-order valence-corrected chi connectivity index (χ2v) is 3.46. The van der Waals surface area contributed by atoms with Crippen molar-refractivity contribution in [3.8, 4) is 0 Å². The van der Waals surface area contributed by atoms with Crippen LogP contribution in [0.2, 0.25) is 0 Å². The van der Waals surface area contributed by atoms with Crippen molar-refractivity contribution in [2.45, 2.75) is 32.6 Å². The van der Waals surface area contributed by atoms with Crippen LogP contribution in [-0.4, -0.2) is 13.1 Å². The summed E-state index contributed by atoms with van der Waals surface area (Å²) in [5.41, 5.74) is 0. The number of methoxy groups -OCH3 is 1. The van der Waals surface area contributed by atoms with E-state index in [1.165, 1.54) is 26.4 Å². The number of rotatable bonds is 3. The minimum atomic E-state index is -0.0584. The van der Waals surface area contributed by atoms with Crippen molar-refractivity contribution in [1.82, 2.24) is 0 Å². The third kappa shape index (κ3) is 2.21. The predicted octanol–water partition coefficient (Wildman–Crippen LogP) is 1.99. The Morgan fingerprint density at radius 1 is 1.64 bits per heavy atom. The summed E-state index contributed by atoms with van der Waals surface area (Å²) in [6, 6.07) is 0. The van der Waals surface area contributed by atoms with Crippen molar-refractivity contribution in [2.24, 2.45) is 11.8 Å². The van der Waals surface area contributed by atoms with E-state index >= 15 is 0 Å². The van der Waals surface area contributed by atoms with Crippen molar-refractivity contribution >= 4 is 5.97 Å². The number of carbonyl (C=O) groups excluding carboxylic acids is 1. The van der Waals surface area contributed by atoms with Gasteiger partial charge in [-0.2, -0.15) is 0 Å². The fourth-order valence-corrected chi connectivity index (χ4v) is 1.53. The van der Waals surface area contributed by atoms with E-state index in [1.807, 2.05) is 6.92 Å². The van der Waals surface area contributed by atoms with E-state index in [2.05, 4.69) is 4.74 Å². The SMILES string of the molecule is COC(=O)C(C)CC1CCC1. The molecule has 2 heteroatoms. The normalized spacial score (nSPS) is 20.5. The summed E-state index contributed by atoms with van der Waals surface area (Å²) >= 11 is 0. The van der Waals surface area contributed by atoms with E-state index in [0.29, 0.717) is 0 Å². The first-order chi connectivity index (χ1) is 5.24. The molecule has 0 saturated heterocycles. The summed E-state index contributed by atoms with van der Waals surface area (Å²) in [5.74, 6) is 0.839. The van der Waals surface area contributed by atoms with E-state index in [9.17, 15) is 4.79 Å². The van der Waals surface area contributed by atoms with Crippen molar-refractivity contribution in [3.63, 3.8) is 0 Å². The molecular formula is C9H16O2. The van der Waals surface area contributed by atoms with Crippen LogP contribution < -0.4 is 0 Å². The number of hydrogen-bond acceptors (Lipinski definition) is 2. The average Bonchev–Trinajstić information content (AvgIpc) is 1.94. The molecule has 0 bridgehead atoms. The van der Waals surface area contributed by atoms with Gasteiger partial charge in [0.2, 0.25) is 0 Å². The molecule has 0 spiro atoms. The Morgan fingerprint density at radius 3 is 2.64 bits per heavy atom. The van der Waals surface area contributed by atoms with Gasteiger partial charge in [0.15, 0.2) is 0 Å². The molecule has 1 atom stereocenters. The van der Waals surface area contributed by atoms with Crippen LogP contribution in [-0.2, 0) is 9.53 Å². The summed E-state index contributed by atoms with van der Waals surface area (Å²) in [6.07, 6.45) is 4.98. The fraction of sp³-hybridized carbons (Fsp3) is 0.889. The fourth-order valence-electron chi connectivity index (χ4n) is 1.53. The zero-order valence-electron chi connectivity index (χ0n) is 7.30. The molecular weight excluding hydrogens is 140 g/mol. The van der Waals surface area contributed by atoms with Crippen molar-refractivity contribution < 1.29 is 9.53 Å². The predicted molar refractivity (Wildman–Crippen MR) is 43.1 cm³/mol. The van der Waals surface area contributed by atoms with E-state index in [1.54, 1.807) is 0 Å². The van der Waals surface area contributed by atoms with Gasteiger partial charge in [-0.15, -0.1) is 0 Å². The third-order valence-electron chi connectivity index (χ3n) is 2.52. The van der Waals surface area contributed by atoms with Crippen LogP contribution in [0.4, 0.5) is 0 Å². The van der Waals surface area contributed by atoms with Crippen LogP contribution >= 0.6 is 0 Å². The van der Waals surface area contributed by atoms with E-state index < -0.39 is 0 Å². The second kappa shape index (κ2) is 3.74. The number of hydrogen-bond donors (Lipinski definition) is 0. The van der Waals surface area contributed by atoms with Gasteiger partial charge in [0.25, 0.3) is 0 Å². The van der Waals surface area contributed by atoms with Crippen LogP contribution in [0.25, 0.3) is 0 Å². The smallest absolute Gasteiger partial charge is 0.308 e. The average molecular weight is 156 g/mol. The van der Waals surface area contributed by atoms with Crippen molar-refractivity contribution in [1.29, 1.82) is 0 Å². The zero-order valence-corrected chi connectivity index (χ0v) is 7.30. The van der Waals surface area contributed by atoms with Gasteiger partial charge in [0.05, 0.1) is 13.0 Å². The second-order valence-electron chi connectivity index (χ2n) is 3.46. The minimum absolute atomic E-state index is 0.0584. The van der Waals surface area contributed by atoms with Gasteiger partial charge in [0.1, 0.15) is 0 Å². The Kier molecular flexibility index (Phi) is 2.92. The first kappa shape index (κ1) is 8.57. The highest BCUT2D eigenvalue weighted by Gasteiger charge is 2.23. The molecule has 1 aliphatic rings. The summed E-state index contributed by atoms with van der Waals surface area (Å²) < 4.78 is 4.64. The summed E-state index contributed by atoms with van der Waals surface area (Å²) in [7, 11) is 1.46. The summed E-state index contributed by atoms with van der Waals surface area (Å²) in [6.45, 7) is 1.95. The molecule has 1 unspecified atom stereocenters. The van der Waals surface area contributed by atoms with Gasteiger partial charge in [-0.3, -0.25) is 4.79 Å². The summed E-state index contributed by atoms with van der Waals surface area (Å²) in [4.78, 5) is 11.0. The lowest BCUT2D eigenvalue weighted by molar-refractivity contribution is -0.145. The van der Waals surface area contributed by atoms with Gasteiger partial charge in [-0.1, -0.05) is 26.2 Å². The summed E-state index contributed by atoms with van der Waals surface area (Å²) in [5, 5.41) is 0. The number of esters is 1. The Morgan fingerprint density at radius 2 is 2.27 bits per heavy atom. The molecule has 0 N–H and O–H groups in total. The molecule has 11 heavy (non-hydrogen) atoms. The van der Waals surface area contributed by atoms with E-state index in [0.717, 1.165) is 12.3 Å². The Hall–Kier alpha value is -0.530. The van der Waals surface area contributed by atoms with Crippen LogP contribution in [0.3, 0.4) is 0 Å². The largest absolute Gasteiger partial charge is 0.469 e. The lowest BCUT2D eigenvalue weighted by atomic mass is 9.79. The van der Waals surface area contributed by atoms with Gasteiger partial charge >= 0.3 is 5.97 Å². The molecule has 1 aliphatic carbocycles. The lowest BCUT2D eigenvalue weighted by Crippen LogP contribution is -2.20. The van der Waals surface area contributed by atoms with Crippen LogP contribution in [0, 0.1) is 11.8 Å². The number of carbonyl (C=O) groups is 1. The molecule has 1 saturated carbocycles. The van der Waals surface area contributed by atoms with Crippen molar-refractivity contribution in [2.75, 3.05) is 7.11 Å². The van der Waals surface area contributed by atoms with Gasteiger partial charge in [-0.05, 0) is 12.3 Å². The third-order valence-corrected chi connectivity index (χ3v) is 2.52. The topological polar surface area (TPSA) is 26.3 Å². The Labute approximate surface area is 67.9 Å². The molecule has 0 amide bonds. The van der Waals surface area contributed by atoms with Crippen LogP contribution in [0.15, 0.2) is 0 Å². The molecule has 64 valence electrons. The molecule has 1 rings (SSSR count). The maximum absolute atomic E-state index is 11.0. The van der Waals surface area contributed by atoms with Gasteiger partial charge in [0, 0.05) is 0 Å². The molecule has 0 heterocycles. The Bertz CT molecular complexity index is 138. The highest BCUT2D eigenvalue weighted by atomic mass is 16.5. The van der Waals surface area contributed by atoms with E-state index in [4.69, 9.17) is 0 Å². The molecule has 1 fully saturated rings. The monoisotopic (exact) mass is 156 g/mol. The lowest BCUT2D eigenvalue weighted by Gasteiger charge is -2.27. The highest BCUT2D eigenvalue weighted by molar-refractivity contribution is 5.71. The van der Waals surface area contributed by atoms with Crippen LogP contribution in [0.5, 0.6) is 0 Å². The molecule has 0 aromatic carbocycles. The molecule has 0 aliphatic heterocycles. The van der Waals surface area contributed by atoms with Crippen molar-refractivity contribution in [3.05, 3.63) is 0 Å². The maximum atomic E-state index is 11.0. The maximum Gasteiger partial charge on any atom is 0.308 e.